The monoisotopic (exact) mass is 258 g/mol. The molecule has 0 aliphatic heterocycles. The minimum absolute atomic E-state index is 0.0401. The van der Waals surface area contributed by atoms with Crippen LogP contribution in [0.25, 0.3) is 0 Å². The predicted molar refractivity (Wildman–Crippen MR) is 74.4 cm³/mol. The van der Waals surface area contributed by atoms with Crippen molar-refractivity contribution in [2.45, 2.75) is 19.4 Å². The van der Waals surface area contributed by atoms with Crippen molar-refractivity contribution < 1.29 is 14.3 Å². The van der Waals surface area contributed by atoms with E-state index in [1.807, 2.05) is 36.4 Å². The maximum atomic E-state index is 10.5. The van der Waals surface area contributed by atoms with Crippen LogP contribution in [0.4, 0.5) is 0 Å². The van der Waals surface area contributed by atoms with Crippen LogP contribution >= 0.6 is 0 Å². The van der Waals surface area contributed by atoms with Crippen LogP contribution in [0.15, 0.2) is 43.0 Å². The quantitative estimate of drug-likeness (QED) is 0.447. The molecule has 1 atom stereocenters. The summed E-state index contributed by atoms with van der Waals surface area (Å²) in [5.41, 5.74) is 1.10. The molecule has 0 N–H and O–H groups in total. The topological polar surface area (TPSA) is 35.5 Å². The van der Waals surface area contributed by atoms with E-state index in [1.165, 1.54) is 6.92 Å². The molecule has 0 bridgehead atoms. The van der Waals surface area contributed by atoms with Crippen molar-refractivity contribution in [2.75, 3.05) is 13.2 Å². The summed E-state index contributed by atoms with van der Waals surface area (Å²) < 4.78 is 10.4. The molecule has 0 aromatic heterocycles. The number of esters is 1. The molecule has 100 valence electrons. The third kappa shape index (κ3) is 6.44. The molecule has 3 heteroatoms. The van der Waals surface area contributed by atoms with Crippen molar-refractivity contribution in [2.24, 2.45) is 0 Å². The van der Waals surface area contributed by atoms with E-state index in [2.05, 4.69) is 18.4 Å². The van der Waals surface area contributed by atoms with Gasteiger partial charge in [-0.25, -0.2) is 0 Å². The number of hydrogen-bond acceptors (Lipinski definition) is 3. The molecule has 1 aromatic rings. The first-order valence-corrected chi connectivity index (χ1v) is 6.10. The summed E-state index contributed by atoms with van der Waals surface area (Å²) >= 11 is 0. The molecule has 0 aliphatic rings. The molecular formula is C16H18O3. The first-order valence-electron chi connectivity index (χ1n) is 6.10. The highest BCUT2D eigenvalue weighted by Crippen LogP contribution is 2.20. The zero-order chi connectivity index (χ0) is 13.9. The average molecular weight is 258 g/mol. The van der Waals surface area contributed by atoms with Gasteiger partial charge in [-0.2, -0.15) is 0 Å². The normalized spacial score (nSPS) is 11.0. The summed E-state index contributed by atoms with van der Waals surface area (Å²) in [5.74, 6) is 5.21. The van der Waals surface area contributed by atoms with E-state index in [0.29, 0.717) is 6.61 Å². The van der Waals surface area contributed by atoms with Crippen molar-refractivity contribution >= 4 is 5.97 Å². The minimum atomic E-state index is -0.330. The van der Waals surface area contributed by atoms with Crippen LogP contribution in [0.3, 0.4) is 0 Å². The molecule has 0 saturated carbocycles. The van der Waals surface area contributed by atoms with Gasteiger partial charge in [0.1, 0.15) is 6.61 Å². The van der Waals surface area contributed by atoms with E-state index in [0.717, 1.165) is 12.0 Å². The number of rotatable bonds is 6. The second kappa shape index (κ2) is 8.96. The van der Waals surface area contributed by atoms with Gasteiger partial charge < -0.3 is 9.47 Å². The van der Waals surface area contributed by atoms with Crippen molar-refractivity contribution in [3.05, 3.63) is 48.6 Å². The first-order chi connectivity index (χ1) is 9.24. The number of carbonyl (C=O) groups excluding carboxylic acids is 1. The van der Waals surface area contributed by atoms with E-state index in [4.69, 9.17) is 9.47 Å². The fourth-order valence-electron chi connectivity index (χ4n) is 1.50. The van der Waals surface area contributed by atoms with Gasteiger partial charge in [-0.1, -0.05) is 48.2 Å². The third-order valence-electron chi connectivity index (χ3n) is 2.38. The van der Waals surface area contributed by atoms with Crippen LogP contribution in [0.1, 0.15) is 25.0 Å². The summed E-state index contributed by atoms with van der Waals surface area (Å²) in [5, 5.41) is 0. The number of hydrogen-bond donors (Lipinski definition) is 0. The Hall–Kier alpha value is -2.05. The third-order valence-corrected chi connectivity index (χ3v) is 2.38. The molecule has 0 saturated heterocycles. The summed E-state index contributed by atoms with van der Waals surface area (Å²) in [6.45, 7) is 5.49. The second-order valence-corrected chi connectivity index (χ2v) is 3.87. The molecule has 0 aliphatic carbocycles. The predicted octanol–water partition coefficient (Wildman–Crippen LogP) is 2.89. The fraction of sp³-hybridized carbons (Fsp3) is 0.312. The second-order valence-electron chi connectivity index (χ2n) is 3.87. The van der Waals surface area contributed by atoms with Crippen molar-refractivity contribution in [1.29, 1.82) is 0 Å². The van der Waals surface area contributed by atoms with Gasteiger partial charge in [-0.05, 0) is 12.0 Å². The molecule has 1 rings (SSSR count). The molecule has 0 radical (unpaired) electrons. The molecular weight excluding hydrogens is 240 g/mol. The van der Waals surface area contributed by atoms with Gasteiger partial charge in [-0.15, -0.1) is 6.58 Å². The van der Waals surface area contributed by atoms with E-state index >= 15 is 0 Å². The molecule has 0 fully saturated rings. The highest BCUT2D eigenvalue weighted by molar-refractivity contribution is 5.66. The van der Waals surface area contributed by atoms with Crippen molar-refractivity contribution in [1.82, 2.24) is 0 Å². The Morgan fingerprint density at radius 3 is 2.63 bits per heavy atom. The lowest BCUT2D eigenvalue weighted by Crippen LogP contribution is -2.04. The Morgan fingerprint density at radius 2 is 2.00 bits per heavy atom. The smallest absolute Gasteiger partial charge is 0.303 e. The number of carbonyl (C=O) groups is 1. The van der Waals surface area contributed by atoms with Crippen LogP contribution in [0.2, 0.25) is 0 Å². The van der Waals surface area contributed by atoms with E-state index < -0.39 is 0 Å². The minimum Gasteiger partial charge on any atom is -0.453 e. The van der Waals surface area contributed by atoms with Gasteiger partial charge in [-0.3, -0.25) is 4.79 Å². The number of benzene rings is 1. The summed E-state index contributed by atoms with van der Waals surface area (Å²) in [6, 6.07) is 9.94. The maximum absolute atomic E-state index is 10.5. The SMILES string of the molecule is C=CCC(OCC#CCOC(C)=O)c1ccccc1. The van der Waals surface area contributed by atoms with E-state index in [9.17, 15) is 4.79 Å². The largest absolute Gasteiger partial charge is 0.453 e. The Labute approximate surface area is 114 Å². The van der Waals surface area contributed by atoms with Gasteiger partial charge in [0.05, 0.1) is 6.10 Å². The highest BCUT2D eigenvalue weighted by Gasteiger charge is 2.08. The Balaban J connectivity index is 2.42. The highest BCUT2D eigenvalue weighted by atomic mass is 16.5. The van der Waals surface area contributed by atoms with Gasteiger partial charge in [0.15, 0.2) is 6.61 Å². The van der Waals surface area contributed by atoms with E-state index in [-0.39, 0.29) is 18.7 Å². The summed E-state index contributed by atoms with van der Waals surface area (Å²) in [7, 11) is 0. The Kier molecular flexibility index (Phi) is 7.08. The van der Waals surface area contributed by atoms with Crippen LogP contribution < -0.4 is 0 Å². The van der Waals surface area contributed by atoms with Crippen LogP contribution in [0, 0.1) is 11.8 Å². The standard InChI is InChI=1S/C16H18O3/c1-3-9-16(15-10-5-4-6-11-15)19-13-8-7-12-18-14(2)17/h3-6,10-11,16H,1,9,12-13H2,2H3. The lowest BCUT2D eigenvalue weighted by molar-refractivity contribution is -0.139. The lowest BCUT2D eigenvalue weighted by Gasteiger charge is -2.14. The van der Waals surface area contributed by atoms with Gasteiger partial charge in [0.25, 0.3) is 0 Å². The van der Waals surface area contributed by atoms with Crippen LogP contribution in [-0.2, 0) is 14.3 Å². The Morgan fingerprint density at radius 1 is 1.32 bits per heavy atom. The molecule has 0 amide bonds. The molecule has 1 aromatic carbocycles. The number of ether oxygens (including phenoxy) is 2. The molecule has 1 unspecified atom stereocenters. The Bertz CT molecular complexity index is 454. The zero-order valence-corrected chi connectivity index (χ0v) is 11.1. The summed E-state index contributed by atoms with van der Waals surface area (Å²) in [6.07, 6.45) is 2.52. The lowest BCUT2D eigenvalue weighted by atomic mass is 10.1. The summed E-state index contributed by atoms with van der Waals surface area (Å²) in [4.78, 5) is 10.5. The fourth-order valence-corrected chi connectivity index (χ4v) is 1.50. The first kappa shape index (κ1) is 15.0. The van der Waals surface area contributed by atoms with Gasteiger partial charge in [0.2, 0.25) is 0 Å². The van der Waals surface area contributed by atoms with Crippen molar-refractivity contribution in [3.63, 3.8) is 0 Å². The molecule has 0 heterocycles. The van der Waals surface area contributed by atoms with Crippen LogP contribution in [0.5, 0.6) is 0 Å². The maximum Gasteiger partial charge on any atom is 0.303 e. The molecule has 19 heavy (non-hydrogen) atoms. The van der Waals surface area contributed by atoms with E-state index in [1.54, 1.807) is 0 Å². The van der Waals surface area contributed by atoms with Crippen molar-refractivity contribution in [3.8, 4) is 11.8 Å². The van der Waals surface area contributed by atoms with Gasteiger partial charge in [0, 0.05) is 6.92 Å². The zero-order valence-electron chi connectivity index (χ0n) is 11.1. The average Bonchev–Trinajstić information content (AvgIpc) is 2.42. The van der Waals surface area contributed by atoms with Crippen LogP contribution in [-0.4, -0.2) is 19.2 Å². The molecule has 0 spiro atoms. The molecule has 3 nitrogen and oxygen atoms in total. The van der Waals surface area contributed by atoms with Gasteiger partial charge >= 0.3 is 5.97 Å².